The van der Waals surface area contributed by atoms with Gasteiger partial charge >= 0.3 is 5.97 Å². The lowest BCUT2D eigenvalue weighted by Gasteiger charge is -2.06. The fraction of sp³-hybridized carbons (Fsp3) is 0.333. The molecule has 1 aliphatic rings. The number of carbonyl (C=O) groups is 2. The first-order valence-electron chi connectivity index (χ1n) is 5.58. The molecule has 1 fully saturated rings. The van der Waals surface area contributed by atoms with Gasteiger partial charge in [0, 0.05) is 6.04 Å². The van der Waals surface area contributed by atoms with Gasteiger partial charge in [0.2, 0.25) is 0 Å². The minimum absolute atomic E-state index is 0.0286. The molecule has 0 unspecified atom stereocenters. The van der Waals surface area contributed by atoms with Crippen molar-refractivity contribution in [3.63, 3.8) is 0 Å². The van der Waals surface area contributed by atoms with E-state index in [4.69, 9.17) is 10.5 Å². The molecule has 0 radical (unpaired) electrons. The Hall–Kier alpha value is -2.11. The van der Waals surface area contributed by atoms with Crippen LogP contribution in [0.1, 0.15) is 23.2 Å². The second-order valence-corrected chi connectivity index (χ2v) is 4.15. The number of hydrogen-bond acceptors (Lipinski definition) is 4. The third-order valence-corrected chi connectivity index (χ3v) is 2.51. The van der Waals surface area contributed by atoms with Crippen LogP contribution in [-0.4, -0.2) is 24.5 Å². The zero-order valence-electron chi connectivity index (χ0n) is 9.61. The van der Waals surface area contributed by atoms with Gasteiger partial charge in [-0.25, -0.2) is 9.18 Å². The Morgan fingerprint density at radius 3 is 2.78 bits per heavy atom. The third kappa shape index (κ3) is 3.19. The van der Waals surface area contributed by atoms with Crippen LogP contribution in [-0.2, 0) is 9.53 Å². The van der Waals surface area contributed by atoms with E-state index >= 15 is 0 Å². The Morgan fingerprint density at radius 2 is 2.17 bits per heavy atom. The predicted octanol–water partition coefficient (Wildman–Crippen LogP) is 0.843. The molecule has 3 N–H and O–H groups in total. The molecule has 5 nitrogen and oxygen atoms in total. The molecule has 1 amide bonds. The van der Waals surface area contributed by atoms with Crippen molar-refractivity contribution in [3.05, 3.63) is 29.6 Å². The summed E-state index contributed by atoms with van der Waals surface area (Å²) in [6, 6.07) is 3.82. The zero-order chi connectivity index (χ0) is 13.1. The molecule has 0 aromatic heterocycles. The summed E-state index contributed by atoms with van der Waals surface area (Å²) in [4.78, 5) is 22.8. The largest absolute Gasteiger partial charge is 0.452 e. The van der Waals surface area contributed by atoms with Gasteiger partial charge in [-0.15, -0.1) is 0 Å². The lowest BCUT2D eigenvalue weighted by Crippen LogP contribution is -2.30. The number of esters is 1. The molecule has 0 spiro atoms. The van der Waals surface area contributed by atoms with Crippen molar-refractivity contribution in [1.29, 1.82) is 0 Å². The summed E-state index contributed by atoms with van der Waals surface area (Å²) in [7, 11) is 0. The highest BCUT2D eigenvalue weighted by atomic mass is 19.1. The van der Waals surface area contributed by atoms with E-state index in [1.54, 1.807) is 0 Å². The normalized spacial score (nSPS) is 14.1. The lowest BCUT2D eigenvalue weighted by molar-refractivity contribution is -0.124. The molecule has 96 valence electrons. The van der Waals surface area contributed by atoms with Crippen LogP contribution in [0.15, 0.2) is 18.2 Å². The standard InChI is InChI=1S/C12H13FN2O3/c13-9-5-7(1-4-10(9)14)12(17)18-6-11(16)15-8-2-3-8/h1,4-5,8H,2-3,6,14H2,(H,15,16). The van der Waals surface area contributed by atoms with Gasteiger partial charge < -0.3 is 15.8 Å². The Bertz CT molecular complexity index is 486. The third-order valence-electron chi connectivity index (χ3n) is 2.51. The zero-order valence-corrected chi connectivity index (χ0v) is 9.61. The van der Waals surface area contributed by atoms with E-state index in [1.165, 1.54) is 12.1 Å². The first-order chi connectivity index (χ1) is 8.56. The number of benzene rings is 1. The van der Waals surface area contributed by atoms with Gasteiger partial charge in [0.1, 0.15) is 5.82 Å². The molecule has 1 saturated carbocycles. The minimum Gasteiger partial charge on any atom is -0.452 e. The van der Waals surface area contributed by atoms with Crippen LogP contribution in [0.3, 0.4) is 0 Å². The molecule has 6 heteroatoms. The fourth-order valence-electron chi connectivity index (χ4n) is 1.37. The molecule has 1 aliphatic carbocycles. The summed E-state index contributed by atoms with van der Waals surface area (Å²) < 4.78 is 17.9. The lowest BCUT2D eigenvalue weighted by atomic mass is 10.2. The number of anilines is 1. The fourth-order valence-corrected chi connectivity index (χ4v) is 1.37. The topological polar surface area (TPSA) is 81.4 Å². The van der Waals surface area contributed by atoms with Crippen molar-refractivity contribution >= 4 is 17.6 Å². The molecule has 0 bridgehead atoms. The van der Waals surface area contributed by atoms with Crippen LogP contribution in [0, 0.1) is 5.82 Å². The Kier molecular flexibility index (Phi) is 3.45. The smallest absolute Gasteiger partial charge is 0.338 e. The van der Waals surface area contributed by atoms with E-state index in [1.807, 2.05) is 0 Å². The number of carbonyl (C=O) groups excluding carboxylic acids is 2. The van der Waals surface area contributed by atoms with Crippen molar-refractivity contribution in [2.24, 2.45) is 0 Å². The first-order valence-corrected chi connectivity index (χ1v) is 5.58. The second-order valence-electron chi connectivity index (χ2n) is 4.15. The van der Waals surface area contributed by atoms with Crippen LogP contribution in [0.2, 0.25) is 0 Å². The van der Waals surface area contributed by atoms with Crippen LogP contribution in [0.4, 0.5) is 10.1 Å². The summed E-state index contributed by atoms with van der Waals surface area (Å²) >= 11 is 0. The Balaban J connectivity index is 1.86. The van der Waals surface area contributed by atoms with Crippen molar-refractivity contribution in [2.45, 2.75) is 18.9 Å². The van der Waals surface area contributed by atoms with Crippen molar-refractivity contribution in [2.75, 3.05) is 12.3 Å². The Labute approximate surface area is 103 Å². The van der Waals surface area contributed by atoms with Gasteiger partial charge in [-0.1, -0.05) is 0 Å². The number of nitrogen functional groups attached to an aromatic ring is 1. The summed E-state index contributed by atoms with van der Waals surface area (Å²) in [5.74, 6) is -1.78. The van der Waals surface area contributed by atoms with Gasteiger partial charge in [-0.05, 0) is 31.0 Å². The number of rotatable bonds is 4. The van der Waals surface area contributed by atoms with Gasteiger partial charge in [-0.3, -0.25) is 4.79 Å². The number of halogens is 1. The van der Waals surface area contributed by atoms with Crippen LogP contribution in [0.25, 0.3) is 0 Å². The highest BCUT2D eigenvalue weighted by Gasteiger charge is 2.23. The van der Waals surface area contributed by atoms with Crippen LogP contribution in [0.5, 0.6) is 0 Å². The van der Waals surface area contributed by atoms with Gasteiger partial charge in [0.15, 0.2) is 6.61 Å². The van der Waals surface area contributed by atoms with Gasteiger partial charge in [-0.2, -0.15) is 0 Å². The summed E-state index contributed by atoms with van der Waals surface area (Å²) in [6.45, 7) is -0.360. The van der Waals surface area contributed by atoms with E-state index in [2.05, 4.69) is 5.32 Å². The van der Waals surface area contributed by atoms with Gasteiger partial charge in [0.25, 0.3) is 5.91 Å². The van der Waals surface area contributed by atoms with Crippen molar-refractivity contribution in [3.8, 4) is 0 Å². The van der Waals surface area contributed by atoms with Crippen molar-refractivity contribution in [1.82, 2.24) is 5.32 Å². The van der Waals surface area contributed by atoms with Crippen LogP contribution >= 0.6 is 0 Å². The maximum atomic E-state index is 13.1. The molecule has 1 aromatic carbocycles. The summed E-state index contributed by atoms with van der Waals surface area (Å²) in [5, 5.41) is 2.67. The molecule has 18 heavy (non-hydrogen) atoms. The molecular weight excluding hydrogens is 239 g/mol. The second kappa shape index (κ2) is 5.03. The SMILES string of the molecule is Nc1ccc(C(=O)OCC(=O)NC2CC2)cc1F. The van der Waals surface area contributed by atoms with E-state index in [0.29, 0.717) is 0 Å². The molecule has 0 aliphatic heterocycles. The average molecular weight is 252 g/mol. The predicted molar refractivity (Wildman–Crippen MR) is 62.3 cm³/mol. The van der Waals surface area contributed by atoms with Gasteiger partial charge in [0.05, 0.1) is 11.3 Å². The summed E-state index contributed by atoms with van der Waals surface area (Å²) in [5.41, 5.74) is 5.27. The molecule has 0 saturated heterocycles. The number of ether oxygens (including phenoxy) is 1. The highest BCUT2D eigenvalue weighted by Crippen LogP contribution is 2.18. The maximum absolute atomic E-state index is 13.1. The number of amides is 1. The van der Waals surface area contributed by atoms with Crippen molar-refractivity contribution < 1.29 is 18.7 Å². The van der Waals surface area contributed by atoms with E-state index in [9.17, 15) is 14.0 Å². The molecule has 0 atom stereocenters. The van der Waals surface area contributed by atoms with E-state index in [-0.39, 0.29) is 29.8 Å². The molecule has 2 rings (SSSR count). The monoisotopic (exact) mass is 252 g/mol. The minimum atomic E-state index is -0.750. The van der Waals surface area contributed by atoms with E-state index < -0.39 is 11.8 Å². The number of nitrogens with one attached hydrogen (secondary N) is 1. The quantitative estimate of drug-likeness (QED) is 0.614. The van der Waals surface area contributed by atoms with Crippen LogP contribution < -0.4 is 11.1 Å². The molecular formula is C12H13FN2O3. The number of hydrogen-bond donors (Lipinski definition) is 2. The first kappa shape index (κ1) is 12.3. The maximum Gasteiger partial charge on any atom is 0.338 e. The Morgan fingerprint density at radius 1 is 1.44 bits per heavy atom. The summed E-state index contributed by atoms with van der Waals surface area (Å²) in [6.07, 6.45) is 1.92. The van der Waals surface area contributed by atoms with E-state index in [0.717, 1.165) is 18.9 Å². The highest BCUT2D eigenvalue weighted by molar-refractivity contribution is 5.91. The molecule has 1 aromatic rings. The average Bonchev–Trinajstić information content (AvgIpc) is 3.13. The number of nitrogens with two attached hydrogens (primary N) is 1. The molecule has 0 heterocycles.